The summed E-state index contributed by atoms with van der Waals surface area (Å²) in [6.45, 7) is 2.55. The van der Waals surface area contributed by atoms with Crippen LogP contribution in [0.25, 0.3) is 11.0 Å². The van der Waals surface area contributed by atoms with Crippen LogP contribution < -0.4 is 5.73 Å². The normalized spacial score (nSPS) is 10.4. The van der Waals surface area contributed by atoms with E-state index in [1.807, 2.05) is 6.92 Å². The number of fused-ring (bicyclic) bond motifs is 1. The van der Waals surface area contributed by atoms with Gasteiger partial charge in [0.15, 0.2) is 5.69 Å². The highest BCUT2D eigenvalue weighted by atomic mass is 79.9. The molecular formula is C12H11BrN4O2. The van der Waals surface area contributed by atoms with Crippen LogP contribution in [0.2, 0.25) is 0 Å². The van der Waals surface area contributed by atoms with Crippen molar-refractivity contribution >= 4 is 38.6 Å². The number of ether oxygens (including phenoxy) is 1. The number of hydrogen-bond donors (Lipinski definition) is 1. The molecule has 6 nitrogen and oxygen atoms in total. The first-order valence-electron chi connectivity index (χ1n) is 5.51. The number of esters is 1. The number of carbonyl (C=O) groups excluding carboxylic acids is 1. The van der Waals surface area contributed by atoms with Gasteiger partial charge < -0.3 is 15.0 Å². The molecule has 0 saturated carbocycles. The van der Waals surface area contributed by atoms with E-state index in [-0.39, 0.29) is 11.4 Å². The van der Waals surface area contributed by atoms with Crippen molar-refractivity contribution in [2.24, 2.45) is 0 Å². The fraction of sp³-hybridized carbons (Fsp3) is 0.250. The number of rotatable bonds is 2. The lowest BCUT2D eigenvalue weighted by atomic mass is 10.2. The zero-order valence-corrected chi connectivity index (χ0v) is 12.0. The fourth-order valence-electron chi connectivity index (χ4n) is 1.86. The van der Waals surface area contributed by atoms with Crippen LogP contribution in [0.3, 0.4) is 0 Å². The van der Waals surface area contributed by atoms with Gasteiger partial charge in [0.1, 0.15) is 11.7 Å². The molecule has 0 radical (unpaired) electrons. The van der Waals surface area contributed by atoms with Gasteiger partial charge in [-0.25, -0.2) is 9.78 Å². The average molecular weight is 323 g/mol. The maximum Gasteiger partial charge on any atom is 0.358 e. The molecule has 98 valence electrons. The smallest absolute Gasteiger partial charge is 0.358 e. The lowest BCUT2D eigenvalue weighted by Crippen LogP contribution is -2.10. The summed E-state index contributed by atoms with van der Waals surface area (Å²) in [6, 6.07) is 2.09. The van der Waals surface area contributed by atoms with Crippen molar-refractivity contribution in [2.45, 2.75) is 13.5 Å². The molecule has 0 spiro atoms. The Balaban J connectivity index is 2.90. The van der Waals surface area contributed by atoms with Crippen LogP contribution in [0.1, 0.15) is 23.0 Å². The minimum Gasteiger partial charge on any atom is -0.464 e. The summed E-state index contributed by atoms with van der Waals surface area (Å²) in [6.07, 6.45) is 1.68. The van der Waals surface area contributed by atoms with E-state index >= 15 is 0 Å². The second-order valence-corrected chi connectivity index (χ2v) is 4.61. The maximum absolute atomic E-state index is 11.6. The number of aryl methyl sites for hydroxylation is 1. The third-order valence-electron chi connectivity index (χ3n) is 2.82. The maximum atomic E-state index is 11.6. The van der Waals surface area contributed by atoms with Gasteiger partial charge in [0.05, 0.1) is 28.2 Å². The highest BCUT2D eigenvalue weighted by Gasteiger charge is 2.21. The summed E-state index contributed by atoms with van der Waals surface area (Å²) in [5, 5.41) is 9.75. The van der Waals surface area contributed by atoms with E-state index in [1.165, 1.54) is 7.11 Å². The number of hydrogen-bond acceptors (Lipinski definition) is 5. The van der Waals surface area contributed by atoms with Crippen molar-refractivity contribution in [3.05, 3.63) is 21.9 Å². The molecule has 2 rings (SSSR count). The van der Waals surface area contributed by atoms with Gasteiger partial charge in [-0.1, -0.05) is 0 Å². The molecule has 0 bridgehead atoms. The molecule has 2 aromatic heterocycles. The number of aromatic nitrogens is 2. The quantitative estimate of drug-likeness (QED) is 0.854. The van der Waals surface area contributed by atoms with E-state index in [0.717, 1.165) is 0 Å². The van der Waals surface area contributed by atoms with Crippen molar-refractivity contribution < 1.29 is 9.53 Å². The zero-order chi connectivity index (χ0) is 14.2. The lowest BCUT2D eigenvalue weighted by Gasteiger charge is -2.08. The van der Waals surface area contributed by atoms with Crippen molar-refractivity contribution in [2.75, 3.05) is 12.8 Å². The number of anilines is 1. The molecule has 0 amide bonds. The van der Waals surface area contributed by atoms with Crippen LogP contribution in [-0.2, 0) is 11.3 Å². The first-order valence-corrected chi connectivity index (χ1v) is 6.30. The Labute approximate surface area is 117 Å². The predicted molar refractivity (Wildman–Crippen MR) is 73.6 cm³/mol. The predicted octanol–water partition coefficient (Wildman–Crippen LogP) is 2.06. The van der Waals surface area contributed by atoms with E-state index in [2.05, 4.69) is 31.7 Å². The minimum absolute atomic E-state index is 0.0409. The van der Waals surface area contributed by atoms with E-state index < -0.39 is 5.97 Å². The summed E-state index contributed by atoms with van der Waals surface area (Å²) in [5.74, 6) is -0.609. The molecule has 2 aromatic rings. The highest BCUT2D eigenvalue weighted by molar-refractivity contribution is 9.10. The van der Waals surface area contributed by atoms with Crippen LogP contribution in [0, 0.1) is 11.3 Å². The molecule has 0 saturated heterocycles. The summed E-state index contributed by atoms with van der Waals surface area (Å²) < 4.78 is 6.92. The van der Waals surface area contributed by atoms with E-state index in [9.17, 15) is 4.79 Å². The zero-order valence-electron chi connectivity index (χ0n) is 10.4. The summed E-state index contributed by atoms with van der Waals surface area (Å²) >= 11 is 3.33. The van der Waals surface area contributed by atoms with Gasteiger partial charge in [-0.2, -0.15) is 5.26 Å². The Morgan fingerprint density at radius 2 is 2.37 bits per heavy atom. The number of nitrogen functional groups attached to an aromatic ring is 1. The monoisotopic (exact) mass is 322 g/mol. The van der Waals surface area contributed by atoms with Gasteiger partial charge in [-0.05, 0) is 22.9 Å². The summed E-state index contributed by atoms with van der Waals surface area (Å²) in [4.78, 5) is 15.9. The van der Waals surface area contributed by atoms with Gasteiger partial charge in [-0.3, -0.25) is 0 Å². The largest absolute Gasteiger partial charge is 0.464 e. The first kappa shape index (κ1) is 13.4. The van der Waals surface area contributed by atoms with Crippen molar-refractivity contribution in [1.29, 1.82) is 5.26 Å². The Morgan fingerprint density at radius 1 is 1.68 bits per heavy atom. The minimum atomic E-state index is -0.609. The van der Waals surface area contributed by atoms with Crippen molar-refractivity contribution in [3.63, 3.8) is 0 Å². The SMILES string of the molecule is CCn1cc(C#N)c2c(Br)c(N)c(C(=O)OC)nc21. The van der Waals surface area contributed by atoms with Crippen molar-refractivity contribution in [3.8, 4) is 6.07 Å². The molecule has 0 aliphatic heterocycles. The van der Waals surface area contributed by atoms with Gasteiger partial charge in [0.2, 0.25) is 0 Å². The molecule has 0 fully saturated rings. The number of nitrogens with zero attached hydrogens (tertiary/aromatic N) is 3. The molecule has 19 heavy (non-hydrogen) atoms. The second-order valence-electron chi connectivity index (χ2n) is 3.82. The van der Waals surface area contributed by atoms with Crippen LogP contribution in [0.15, 0.2) is 10.7 Å². The Bertz CT molecular complexity index is 715. The van der Waals surface area contributed by atoms with Crippen molar-refractivity contribution in [1.82, 2.24) is 9.55 Å². The molecule has 0 aliphatic rings. The van der Waals surface area contributed by atoms with E-state index in [0.29, 0.717) is 27.6 Å². The standard InChI is InChI=1S/C12H11BrN4O2/c1-3-17-5-6(4-14)7-8(13)9(15)10(12(18)19-2)16-11(7)17/h5H,3,15H2,1-2H3. The molecule has 0 aromatic carbocycles. The van der Waals surface area contributed by atoms with Crippen LogP contribution in [0.5, 0.6) is 0 Å². The summed E-state index contributed by atoms with van der Waals surface area (Å²) in [5.41, 5.74) is 7.07. The molecule has 0 atom stereocenters. The Kier molecular flexibility index (Phi) is 3.44. The van der Waals surface area contributed by atoms with Gasteiger partial charge >= 0.3 is 5.97 Å². The van der Waals surface area contributed by atoms with Crippen LogP contribution >= 0.6 is 15.9 Å². The Hall–Kier alpha value is -2.07. The number of pyridine rings is 1. The first-order chi connectivity index (χ1) is 9.04. The molecule has 7 heteroatoms. The fourth-order valence-corrected chi connectivity index (χ4v) is 2.44. The van der Waals surface area contributed by atoms with E-state index in [4.69, 9.17) is 11.0 Å². The van der Waals surface area contributed by atoms with Gasteiger partial charge in [0.25, 0.3) is 0 Å². The number of halogens is 1. The van der Waals surface area contributed by atoms with Gasteiger partial charge in [-0.15, -0.1) is 0 Å². The molecule has 0 aliphatic carbocycles. The number of methoxy groups -OCH3 is 1. The van der Waals surface area contributed by atoms with Crippen LogP contribution in [-0.4, -0.2) is 22.6 Å². The molecule has 2 N–H and O–H groups in total. The summed E-state index contributed by atoms with van der Waals surface area (Å²) in [7, 11) is 1.27. The third-order valence-corrected chi connectivity index (χ3v) is 3.64. The topological polar surface area (TPSA) is 93.9 Å². The number of carbonyl (C=O) groups is 1. The Morgan fingerprint density at radius 3 is 2.89 bits per heavy atom. The molecular weight excluding hydrogens is 312 g/mol. The second kappa shape index (κ2) is 4.90. The number of nitriles is 1. The third kappa shape index (κ3) is 1.94. The number of nitrogens with two attached hydrogens (primary N) is 1. The molecule has 0 unspecified atom stereocenters. The lowest BCUT2D eigenvalue weighted by molar-refractivity contribution is 0.0595. The van der Waals surface area contributed by atoms with Crippen LogP contribution in [0.4, 0.5) is 5.69 Å². The average Bonchev–Trinajstić information content (AvgIpc) is 2.79. The van der Waals surface area contributed by atoms with Gasteiger partial charge in [0, 0.05) is 12.7 Å². The highest BCUT2D eigenvalue weighted by Crippen LogP contribution is 2.34. The molecule has 2 heterocycles. The van der Waals surface area contributed by atoms with E-state index in [1.54, 1.807) is 10.8 Å².